The van der Waals surface area contributed by atoms with Gasteiger partial charge in [0.1, 0.15) is 23.7 Å². The van der Waals surface area contributed by atoms with Crippen molar-refractivity contribution in [2.75, 3.05) is 44.9 Å². The van der Waals surface area contributed by atoms with Crippen molar-refractivity contribution in [3.63, 3.8) is 0 Å². The zero-order valence-electron chi connectivity index (χ0n) is 12.9. The Balaban J connectivity index is 2.08. The molecule has 0 aliphatic rings. The molecule has 0 saturated heterocycles. The van der Waals surface area contributed by atoms with E-state index in [1.54, 1.807) is 19.2 Å². The highest BCUT2D eigenvalue weighted by Gasteiger charge is 2.06. The van der Waals surface area contributed by atoms with Crippen LogP contribution < -0.4 is 15.4 Å². The summed E-state index contributed by atoms with van der Waals surface area (Å²) in [7, 11) is 5.67. The second-order valence-electron chi connectivity index (χ2n) is 4.99. The van der Waals surface area contributed by atoms with Crippen molar-refractivity contribution in [2.45, 2.75) is 0 Å². The summed E-state index contributed by atoms with van der Waals surface area (Å²) in [6.45, 7) is 1.73. The maximum atomic E-state index is 6.02. The molecule has 0 unspecified atom stereocenters. The fourth-order valence-electron chi connectivity index (χ4n) is 1.85. The van der Waals surface area contributed by atoms with Gasteiger partial charge in [-0.15, -0.1) is 0 Å². The zero-order valence-corrected chi connectivity index (χ0v) is 13.7. The molecule has 1 aromatic heterocycles. The SMILES string of the molecule is COc1ccc(Cl)cc1Nc1cc(NCCN(C)C)ncn1. The minimum Gasteiger partial charge on any atom is -0.495 e. The monoisotopic (exact) mass is 321 g/mol. The number of ether oxygens (including phenoxy) is 1. The molecule has 118 valence electrons. The average molecular weight is 322 g/mol. The third-order valence-corrected chi connectivity index (χ3v) is 3.19. The molecule has 2 rings (SSSR count). The molecule has 0 amide bonds. The highest BCUT2D eigenvalue weighted by molar-refractivity contribution is 6.31. The van der Waals surface area contributed by atoms with Gasteiger partial charge in [-0.1, -0.05) is 11.6 Å². The molecule has 0 saturated carbocycles. The predicted molar refractivity (Wildman–Crippen MR) is 90.4 cm³/mol. The number of likely N-dealkylation sites (N-methyl/N-ethyl adjacent to an activating group) is 1. The summed E-state index contributed by atoms with van der Waals surface area (Å²) in [4.78, 5) is 10.5. The van der Waals surface area contributed by atoms with E-state index in [0.717, 1.165) is 24.6 Å². The maximum absolute atomic E-state index is 6.02. The molecule has 1 heterocycles. The minimum atomic E-state index is 0.627. The van der Waals surface area contributed by atoms with E-state index >= 15 is 0 Å². The fraction of sp³-hybridized carbons (Fsp3) is 0.333. The Kier molecular flexibility index (Phi) is 5.80. The van der Waals surface area contributed by atoms with Gasteiger partial charge in [0.2, 0.25) is 0 Å². The number of hydrogen-bond donors (Lipinski definition) is 2. The van der Waals surface area contributed by atoms with Crippen LogP contribution in [0.3, 0.4) is 0 Å². The van der Waals surface area contributed by atoms with Gasteiger partial charge in [0.15, 0.2) is 0 Å². The van der Waals surface area contributed by atoms with Crippen LogP contribution in [0.5, 0.6) is 5.75 Å². The molecule has 1 aromatic carbocycles. The lowest BCUT2D eigenvalue weighted by molar-refractivity contribution is 0.417. The first-order valence-corrected chi connectivity index (χ1v) is 7.27. The van der Waals surface area contributed by atoms with E-state index in [9.17, 15) is 0 Å². The normalized spacial score (nSPS) is 10.6. The van der Waals surface area contributed by atoms with Crippen LogP contribution in [0.1, 0.15) is 0 Å². The zero-order chi connectivity index (χ0) is 15.9. The maximum Gasteiger partial charge on any atom is 0.142 e. The van der Waals surface area contributed by atoms with Gasteiger partial charge in [0, 0.05) is 24.2 Å². The van der Waals surface area contributed by atoms with Gasteiger partial charge < -0.3 is 20.3 Å². The number of methoxy groups -OCH3 is 1. The average Bonchev–Trinajstić information content (AvgIpc) is 2.47. The quantitative estimate of drug-likeness (QED) is 0.817. The second kappa shape index (κ2) is 7.82. The molecular formula is C15H20ClN5O. The van der Waals surface area contributed by atoms with Crippen molar-refractivity contribution in [1.29, 1.82) is 0 Å². The van der Waals surface area contributed by atoms with Crippen LogP contribution >= 0.6 is 11.6 Å². The third kappa shape index (κ3) is 4.75. The van der Waals surface area contributed by atoms with Gasteiger partial charge in [-0.05, 0) is 32.3 Å². The van der Waals surface area contributed by atoms with E-state index < -0.39 is 0 Å². The topological polar surface area (TPSA) is 62.3 Å². The van der Waals surface area contributed by atoms with Gasteiger partial charge in [0.25, 0.3) is 0 Å². The molecule has 0 aliphatic carbocycles. The molecule has 0 radical (unpaired) electrons. The standard InChI is InChI=1S/C15H20ClN5O/c1-21(2)7-6-17-14-9-15(19-10-18-14)20-12-8-11(16)4-5-13(12)22-3/h4-5,8-10H,6-7H2,1-3H3,(H2,17,18,19,20). The van der Waals surface area contributed by atoms with Gasteiger partial charge in [-0.2, -0.15) is 0 Å². The molecule has 6 nitrogen and oxygen atoms in total. The van der Waals surface area contributed by atoms with Gasteiger partial charge >= 0.3 is 0 Å². The Bertz CT molecular complexity index is 621. The second-order valence-corrected chi connectivity index (χ2v) is 5.42. The van der Waals surface area contributed by atoms with E-state index in [4.69, 9.17) is 16.3 Å². The molecule has 7 heteroatoms. The lowest BCUT2D eigenvalue weighted by atomic mass is 10.3. The fourth-order valence-corrected chi connectivity index (χ4v) is 2.02. The van der Waals surface area contributed by atoms with Crippen molar-refractivity contribution >= 4 is 28.9 Å². The van der Waals surface area contributed by atoms with Crippen LogP contribution in [0.2, 0.25) is 5.02 Å². The summed E-state index contributed by atoms with van der Waals surface area (Å²) in [6.07, 6.45) is 1.51. The van der Waals surface area contributed by atoms with Crippen molar-refractivity contribution in [1.82, 2.24) is 14.9 Å². The van der Waals surface area contributed by atoms with Crippen molar-refractivity contribution < 1.29 is 4.74 Å². The Hall–Kier alpha value is -2.05. The number of nitrogens with zero attached hydrogens (tertiary/aromatic N) is 3. The summed E-state index contributed by atoms with van der Waals surface area (Å²) in [6, 6.07) is 7.22. The van der Waals surface area contributed by atoms with Crippen LogP contribution in [0.25, 0.3) is 0 Å². The molecule has 0 fully saturated rings. The van der Waals surface area contributed by atoms with Crippen molar-refractivity contribution in [2.24, 2.45) is 0 Å². The molecule has 0 atom stereocenters. The molecule has 0 bridgehead atoms. The lowest BCUT2D eigenvalue weighted by Gasteiger charge is -2.13. The third-order valence-electron chi connectivity index (χ3n) is 2.96. The first-order chi connectivity index (χ1) is 10.6. The Morgan fingerprint density at radius 2 is 1.95 bits per heavy atom. The molecule has 2 N–H and O–H groups in total. The van der Waals surface area contributed by atoms with Gasteiger partial charge in [-0.3, -0.25) is 0 Å². The molecule has 0 aliphatic heterocycles. The first-order valence-electron chi connectivity index (χ1n) is 6.89. The number of anilines is 3. The largest absolute Gasteiger partial charge is 0.495 e. The van der Waals surface area contributed by atoms with Crippen LogP contribution in [0, 0.1) is 0 Å². The number of nitrogens with one attached hydrogen (secondary N) is 2. The van der Waals surface area contributed by atoms with Gasteiger partial charge in [-0.25, -0.2) is 9.97 Å². The van der Waals surface area contributed by atoms with E-state index in [1.165, 1.54) is 6.33 Å². The number of aromatic nitrogens is 2. The summed E-state index contributed by atoms with van der Waals surface area (Å²) in [5.74, 6) is 2.13. The Morgan fingerprint density at radius 1 is 1.18 bits per heavy atom. The number of rotatable bonds is 7. The number of benzene rings is 1. The van der Waals surface area contributed by atoms with E-state index in [2.05, 4.69) is 25.5 Å². The molecular weight excluding hydrogens is 302 g/mol. The Morgan fingerprint density at radius 3 is 2.68 bits per heavy atom. The summed E-state index contributed by atoms with van der Waals surface area (Å²) in [5, 5.41) is 7.07. The lowest BCUT2D eigenvalue weighted by Crippen LogP contribution is -2.21. The summed E-state index contributed by atoms with van der Waals surface area (Å²) in [5.41, 5.74) is 0.757. The summed E-state index contributed by atoms with van der Waals surface area (Å²) < 4.78 is 5.31. The smallest absolute Gasteiger partial charge is 0.142 e. The van der Waals surface area contributed by atoms with E-state index in [-0.39, 0.29) is 0 Å². The van der Waals surface area contributed by atoms with Crippen LogP contribution in [-0.4, -0.2) is 49.2 Å². The van der Waals surface area contributed by atoms with Crippen LogP contribution in [0.4, 0.5) is 17.3 Å². The van der Waals surface area contributed by atoms with Gasteiger partial charge in [0.05, 0.1) is 12.8 Å². The van der Waals surface area contributed by atoms with Crippen LogP contribution in [0.15, 0.2) is 30.6 Å². The van der Waals surface area contributed by atoms with Crippen molar-refractivity contribution in [3.8, 4) is 5.75 Å². The highest BCUT2D eigenvalue weighted by atomic mass is 35.5. The van der Waals surface area contributed by atoms with Crippen LogP contribution in [-0.2, 0) is 0 Å². The highest BCUT2D eigenvalue weighted by Crippen LogP contribution is 2.30. The Labute approximate surface area is 135 Å². The molecule has 2 aromatic rings. The predicted octanol–water partition coefficient (Wildman–Crippen LogP) is 2.86. The molecule has 0 spiro atoms. The summed E-state index contributed by atoms with van der Waals surface area (Å²) >= 11 is 6.02. The van der Waals surface area contributed by atoms with E-state index in [0.29, 0.717) is 16.6 Å². The first kappa shape index (κ1) is 16.3. The molecule has 22 heavy (non-hydrogen) atoms. The number of hydrogen-bond acceptors (Lipinski definition) is 6. The van der Waals surface area contributed by atoms with E-state index in [1.807, 2.05) is 26.2 Å². The van der Waals surface area contributed by atoms with Crippen molar-refractivity contribution in [3.05, 3.63) is 35.6 Å². The number of halogens is 1. The minimum absolute atomic E-state index is 0.627.